The van der Waals surface area contributed by atoms with Gasteiger partial charge in [0.15, 0.2) is 0 Å². The maximum atomic E-state index is 12.4. The molecule has 0 aromatic carbocycles. The zero-order chi connectivity index (χ0) is 13.9. The highest BCUT2D eigenvalue weighted by Gasteiger charge is 2.50. The maximum absolute atomic E-state index is 12.4. The SMILES string of the molecule is C=C(Br)CN(CC(Br)CBr)S(=O)(=O)C(F)(F)F. The van der Waals surface area contributed by atoms with Gasteiger partial charge in [-0.15, -0.1) is 0 Å². The summed E-state index contributed by atoms with van der Waals surface area (Å²) in [5.41, 5.74) is -5.31. The van der Waals surface area contributed by atoms with Crippen LogP contribution in [0.15, 0.2) is 11.1 Å². The zero-order valence-corrected chi connectivity index (χ0v) is 13.9. The fourth-order valence-corrected chi connectivity index (χ4v) is 3.06. The first-order valence-corrected chi connectivity index (χ1v) is 8.39. The summed E-state index contributed by atoms with van der Waals surface area (Å²) >= 11 is 8.96. The molecule has 0 saturated heterocycles. The Kier molecular flexibility index (Phi) is 7.23. The van der Waals surface area contributed by atoms with Crippen molar-refractivity contribution < 1.29 is 21.6 Å². The lowest BCUT2D eigenvalue weighted by Crippen LogP contribution is -2.44. The summed E-state index contributed by atoms with van der Waals surface area (Å²) in [6, 6.07) is 0. The second-order valence-corrected chi connectivity index (χ2v) is 8.01. The first-order chi connectivity index (χ1) is 7.52. The monoisotopic (exact) mass is 465 g/mol. The van der Waals surface area contributed by atoms with Crippen LogP contribution < -0.4 is 0 Å². The Morgan fingerprint density at radius 1 is 1.41 bits per heavy atom. The molecule has 3 nitrogen and oxygen atoms in total. The van der Waals surface area contributed by atoms with Crippen LogP contribution in [0, 0.1) is 0 Å². The van der Waals surface area contributed by atoms with Crippen LogP contribution in [-0.4, -0.2) is 41.5 Å². The van der Waals surface area contributed by atoms with Crippen molar-refractivity contribution in [3.05, 3.63) is 11.1 Å². The molecule has 0 rings (SSSR count). The molecule has 102 valence electrons. The van der Waals surface area contributed by atoms with Gasteiger partial charge in [-0.1, -0.05) is 54.4 Å². The predicted octanol–water partition coefficient (Wildman–Crippen LogP) is 3.21. The molecule has 0 radical (unpaired) electrons. The number of hydrogen-bond donors (Lipinski definition) is 0. The topological polar surface area (TPSA) is 37.4 Å². The number of hydrogen-bond acceptors (Lipinski definition) is 2. The van der Waals surface area contributed by atoms with Gasteiger partial charge in [0.2, 0.25) is 0 Å². The molecule has 0 fully saturated rings. The van der Waals surface area contributed by atoms with E-state index in [4.69, 9.17) is 0 Å². The van der Waals surface area contributed by atoms with E-state index in [2.05, 4.69) is 54.4 Å². The molecular formula is C7H9Br3F3NO2S. The van der Waals surface area contributed by atoms with Gasteiger partial charge in [0.25, 0.3) is 0 Å². The van der Waals surface area contributed by atoms with Crippen molar-refractivity contribution in [1.29, 1.82) is 0 Å². The minimum absolute atomic E-state index is 0.152. The third kappa shape index (κ3) is 5.58. The van der Waals surface area contributed by atoms with Gasteiger partial charge in [0.05, 0.1) is 0 Å². The van der Waals surface area contributed by atoms with Crippen LogP contribution in [0.2, 0.25) is 0 Å². The summed E-state index contributed by atoms with van der Waals surface area (Å²) in [5.74, 6) is 0. The second kappa shape index (κ2) is 6.88. The molecule has 1 unspecified atom stereocenters. The van der Waals surface area contributed by atoms with Crippen LogP contribution in [-0.2, 0) is 10.0 Å². The molecule has 17 heavy (non-hydrogen) atoms. The molecule has 0 aliphatic rings. The molecule has 0 heterocycles. The molecule has 0 aliphatic heterocycles. The second-order valence-electron chi connectivity index (χ2n) is 3.01. The Hall–Kier alpha value is 0.880. The van der Waals surface area contributed by atoms with E-state index in [0.717, 1.165) is 0 Å². The Morgan fingerprint density at radius 3 is 2.18 bits per heavy atom. The van der Waals surface area contributed by atoms with Gasteiger partial charge in [0, 0.05) is 27.7 Å². The first kappa shape index (κ1) is 17.9. The fourth-order valence-electron chi connectivity index (χ4n) is 0.855. The van der Waals surface area contributed by atoms with Gasteiger partial charge >= 0.3 is 15.5 Å². The molecule has 0 N–H and O–H groups in total. The number of nitrogens with zero attached hydrogens (tertiary/aromatic N) is 1. The van der Waals surface area contributed by atoms with Crippen molar-refractivity contribution in [2.75, 3.05) is 18.4 Å². The van der Waals surface area contributed by atoms with E-state index >= 15 is 0 Å². The van der Waals surface area contributed by atoms with Gasteiger partial charge in [-0.25, -0.2) is 8.42 Å². The molecule has 0 amide bonds. The van der Waals surface area contributed by atoms with Crippen LogP contribution in [0.1, 0.15) is 0 Å². The lowest BCUT2D eigenvalue weighted by Gasteiger charge is -2.24. The fraction of sp³-hybridized carbons (Fsp3) is 0.714. The molecule has 0 aromatic heterocycles. The number of sulfonamides is 1. The first-order valence-electron chi connectivity index (χ1n) is 4.12. The third-order valence-corrected chi connectivity index (χ3v) is 5.61. The van der Waals surface area contributed by atoms with Crippen molar-refractivity contribution in [3.63, 3.8) is 0 Å². The molecule has 0 aromatic rings. The van der Waals surface area contributed by atoms with E-state index in [0.29, 0.717) is 9.64 Å². The number of rotatable bonds is 6. The molecular weight excluding hydrogens is 459 g/mol. The molecule has 0 bridgehead atoms. The van der Waals surface area contributed by atoms with Crippen LogP contribution in [0.3, 0.4) is 0 Å². The Balaban J connectivity index is 5.12. The van der Waals surface area contributed by atoms with E-state index in [1.807, 2.05) is 0 Å². The highest BCUT2D eigenvalue weighted by atomic mass is 79.9. The van der Waals surface area contributed by atoms with Crippen LogP contribution in [0.4, 0.5) is 13.2 Å². The normalized spacial score (nSPS) is 15.0. The van der Waals surface area contributed by atoms with Crippen LogP contribution in [0.25, 0.3) is 0 Å². The lowest BCUT2D eigenvalue weighted by molar-refractivity contribution is -0.0485. The highest BCUT2D eigenvalue weighted by Crippen LogP contribution is 2.28. The van der Waals surface area contributed by atoms with Gasteiger partial charge < -0.3 is 0 Å². The summed E-state index contributed by atoms with van der Waals surface area (Å²) in [5, 5.41) is 0.325. The van der Waals surface area contributed by atoms with Crippen molar-refractivity contribution in [2.45, 2.75) is 10.3 Å². The lowest BCUT2D eigenvalue weighted by atomic mass is 10.4. The van der Waals surface area contributed by atoms with E-state index in [1.54, 1.807) is 0 Å². The summed E-state index contributed by atoms with van der Waals surface area (Å²) in [6.45, 7) is 2.60. The molecule has 0 aliphatic carbocycles. The summed E-state index contributed by atoms with van der Waals surface area (Å²) < 4.78 is 60.1. The van der Waals surface area contributed by atoms with Crippen LogP contribution in [0.5, 0.6) is 0 Å². The summed E-state index contributed by atoms with van der Waals surface area (Å²) in [6.07, 6.45) is 0. The molecule has 10 heteroatoms. The smallest absolute Gasteiger partial charge is 0.203 e. The van der Waals surface area contributed by atoms with Crippen molar-refractivity contribution in [1.82, 2.24) is 4.31 Å². The molecule has 1 atom stereocenters. The number of halogens is 6. The summed E-state index contributed by atoms with van der Waals surface area (Å²) in [7, 11) is -5.35. The van der Waals surface area contributed by atoms with Gasteiger partial charge in [-0.3, -0.25) is 0 Å². The summed E-state index contributed by atoms with van der Waals surface area (Å²) in [4.78, 5) is -0.425. The third-order valence-electron chi connectivity index (χ3n) is 1.55. The Labute approximate surface area is 123 Å². The Morgan fingerprint density at radius 2 is 1.88 bits per heavy atom. The molecule has 0 spiro atoms. The maximum Gasteiger partial charge on any atom is 0.511 e. The quantitative estimate of drug-likeness (QED) is 0.563. The van der Waals surface area contributed by atoms with E-state index in [1.165, 1.54) is 0 Å². The van der Waals surface area contributed by atoms with E-state index < -0.39 is 26.9 Å². The average Bonchev–Trinajstić information content (AvgIpc) is 2.13. The standard InChI is InChI=1S/C7H9Br3F3NO2S/c1-5(9)3-14(4-6(10)2-8)17(15,16)7(11,12)13/h6H,1-4H2. The van der Waals surface area contributed by atoms with Gasteiger partial charge in [0.1, 0.15) is 0 Å². The zero-order valence-electron chi connectivity index (χ0n) is 8.35. The van der Waals surface area contributed by atoms with E-state index in [-0.39, 0.29) is 11.0 Å². The largest absolute Gasteiger partial charge is 0.511 e. The molecule has 0 saturated carbocycles. The predicted molar refractivity (Wildman–Crippen MR) is 71.1 cm³/mol. The van der Waals surface area contributed by atoms with Gasteiger partial charge in [-0.2, -0.15) is 17.5 Å². The Bertz CT molecular complexity index is 371. The van der Waals surface area contributed by atoms with Gasteiger partial charge in [-0.05, 0) is 0 Å². The van der Waals surface area contributed by atoms with Crippen LogP contribution >= 0.6 is 47.8 Å². The van der Waals surface area contributed by atoms with Crippen molar-refractivity contribution >= 4 is 57.8 Å². The van der Waals surface area contributed by atoms with Crippen molar-refractivity contribution in [2.24, 2.45) is 0 Å². The minimum atomic E-state index is -5.35. The number of alkyl halides is 5. The van der Waals surface area contributed by atoms with E-state index in [9.17, 15) is 21.6 Å². The highest BCUT2D eigenvalue weighted by molar-refractivity contribution is 9.12. The minimum Gasteiger partial charge on any atom is -0.203 e. The average molecular weight is 468 g/mol. The van der Waals surface area contributed by atoms with Crippen molar-refractivity contribution in [3.8, 4) is 0 Å².